The zero-order chi connectivity index (χ0) is 8.81. The van der Waals surface area contributed by atoms with Gasteiger partial charge >= 0.3 is 6.03 Å². The van der Waals surface area contributed by atoms with E-state index >= 15 is 0 Å². The fourth-order valence-corrected chi connectivity index (χ4v) is 0.679. The zero-order valence-corrected chi connectivity index (χ0v) is 6.74. The highest BCUT2D eigenvalue weighted by atomic mass is 16.2. The van der Waals surface area contributed by atoms with Gasteiger partial charge in [-0.05, 0) is 6.92 Å². The average molecular weight is 163 g/mol. The normalized spacial score (nSPS) is 8.42. The Kier molecular flexibility index (Phi) is 2.91. The monoisotopic (exact) mass is 163 g/mol. The Balaban J connectivity index is 2.43. The summed E-state index contributed by atoms with van der Waals surface area (Å²) < 4.78 is 1.36. The number of rotatable bonds is 1. The molecule has 0 aliphatic carbocycles. The number of carbonyl (C=O) groups is 1. The van der Waals surface area contributed by atoms with Gasteiger partial charge in [0.15, 0.2) is 0 Å². The highest BCUT2D eigenvalue weighted by Gasteiger charge is 1.98. The minimum Gasteiger partial charge on any atom is -0.326 e. The summed E-state index contributed by atoms with van der Waals surface area (Å²) in [5.41, 5.74) is 0. The van der Waals surface area contributed by atoms with E-state index in [1.54, 1.807) is 19.3 Å². The Hall–Kier alpha value is -1.76. The fourth-order valence-electron chi connectivity index (χ4n) is 0.679. The van der Waals surface area contributed by atoms with Gasteiger partial charge in [-0.25, -0.2) is 9.78 Å². The second-order valence-corrected chi connectivity index (χ2v) is 2.06. The molecule has 0 atom stereocenters. The minimum absolute atomic E-state index is 0.213. The lowest BCUT2D eigenvalue weighted by Gasteiger charge is -1.99. The van der Waals surface area contributed by atoms with Gasteiger partial charge < -0.3 is 5.32 Å². The summed E-state index contributed by atoms with van der Waals surface area (Å²) in [7, 11) is 0. The van der Waals surface area contributed by atoms with Crippen molar-refractivity contribution in [3.63, 3.8) is 0 Å². The summed E-state index contributed by atoms with van der Waals surface area (Å²) in [5, 5.41) is 2.60. The van der Waals surface area contributed by atoms with Gasteiger partial charge in [-0.2, -0.15) is 0 Å². The van der Waals surface area contributed by atoms with Crippen molar-refractivity contribution in [3.05, 3.63) is 18.7 Å². The average Bonchev–Trinajstić information content (AvgIpc) is 2.56. The van der Waals surface area contributed by atoms with E-state index in [1.165, 1.54) is 10.9 Å². The second kappa shape index (κ2) is 4.19. The van der Waals surface area contributed by atoms with Crippen molar-refractivity contribution in [2.75, 3.05) is 6.54 Å². The molecular weight excluding hydrogens is 154 g/mol. The standard InChI is InChI=1S/C8H9N3O/c1-2-3-4-10-8(12)11-6-5-9-7-11/h5-7H,4H2,1H3,(H,10,12). The summed E-state index contributed by atoms with van der Waals surface area (Å²) in [5.74, 6) is 5.40. The van der Waals surface area contributed by atoms with Crippen LogP contribution in [0.4, 0.5) is 4.79 Å². The number of carbonyl (C=O) groups excluding carboxylic acids is 1. The molecule has 1 rings (SSSR count). The molecule has 1 heterocycles. The van der Waals surface area contributed by atoms with E-state index in [-0.39, 0.29) is 6.03 Å². The SMILES string of the molecule is CC#CCNC(=O)n1ccnc1. The summed E-state index contributed by atoms with van der Waals surface area (Å²) >= 11 is 0. The lowest BCUT2D eigenvalue weighted by atomic mass is 10.6. The molecule has 1 amide bonds. The molecule has 0 unspecified atom stereocenters. The second-order valence-electron chi connectivity index (χ2n) is 2.06. The van der Waals surface area contributed by atoms with Crippen LogP contribution >= 0.6 is 0 Å². The molecular formula is C8H9N3O. The molecule has 0 aliphatic rings. The van der Waals surface area contributed by atoms with Gasteiger partial charge in [0, 0.05) is 12.4 Å². The molecule has 0 fully saturated rings. The molecule has 0 saturated heterocycles. The van der Waals surface area contributed by atoms with Gasteiger partial charge in [0.2, 0.25) is 0 Å². The lowest BCUT2D eigenvalue weighted by molar-refractivity contribution is 0.243. The summed E-state index contributed by atoms with van der Waals surface area (Å²) in [6.45, 7) is 2.09. The van der Waals surface area contributed by atoms with Crippen molar-refractivity contribution in [2.45, 2.75) is 6.92 Å². The number of hydrogen-bond acceptors (Lipinski definition) is 2. The van der Waals surface area contributed by atoms with Crippen molar-refractivity contribution in [1.29, 1.82) is 0 Å². The van der Waals surface area contributed by atoms with E-state index < -0.39 is 0 Å². The van der Waals surface area contributed by atoms with Gasteiger partial charge in [-0.15, -0.1) is 5.92 Å². The molecule has 4 nitrogen and oxygen atoms in total. The maximum absolute atomic E-state index is 11.1. The Labute approximate surface area is 70.6 Å². The fraction of sp³-hybridized carbons (Fsp3) is 0.250. The molecule has 0 aliphatic heterocycles. The Morgan fingerprint density at radius 1 is 1.75 bits per heavy atom. The topological polar surface area (TPSA) is 46.9 Å². The lowest BCUT2D eigenvalue weighted by Crippen LogP contribution is -2.27. The molecule has 0 aromatic carbocycles. The van der Waals surface area contributed by atoms with E-state index in [4.69, 9.17) is 0 Å². The zero-order valence-electron chi connectivity index (χ0n) is 6.74. The first-order valence-electron chi connectivity index (χ1n) is 3.50. The van der Waals surface area contributed by atoms with Gasteiger partial charge in [0.05, 0.1) is 6.54 Å². The third-order valence-corrected chi connectivity index (χ3v) is 1.24. The Bertz CT molecular complexity index is 305. The third-order valence-electron chi connectivity index (χ3n) is 1.24. The van der Waals surface area contributed by atoms with E-state index in [1.807, 2.05) is 0 Å². The van der Waals surface area contributed by atoms with Crippen molar-refractivity contribution in [2.24, 2.45) is 0 Å². The van der Waals surface area contributed by atoms with Crippen molar-refractivity contribution >= 4 is 6.03 Å². The van der Waals surface area contributed by atoms with E-state index in [0.29, 0.717) is 6.54 Å². The van der Waals surface area contributed by atoms with Crippen LogP contribution in [-0.4, -0.2) is 22.1 Å². The van der Waals surface area contributed by atoms with E-state index in [9.17, 15) is 4.79 Å². The van der Waals surface area contributed by atoms with Crippen molar-refractivity contribution in [3.8, 4) is 11.8 Å². The highest BCUT2D eigenvalue weighted by molar-refractivity contribution is 5.76. The molecule has 0 radical (unpaired) electrons. The molecule has 0 spiro atoms. The molecule has 62 valence electrons. The first-order valence-corrected chi connectivity index (χ1v) is 3.50. The summed E-state index contributed by atoms with van der Waals surface area (Å²) in [4.78, 5) is 14.9. The van der Waals surface area contributed by atoms with Crippen LogP contribution < -0.4 is 5.32 Å². The first-order chi connectivity index (χ1) is 5.84. The van der Waals surface area contributed by atoms with Crippen LogP contribution in [0.15, 0.2) is 18.7 Å². The number of aromatic nitrogens is 2. The third kappa shape index (κ3) is 2.13. The van der Waals surface area contributed by atoms with Crippen LogP contribution in [0, 0.1) is 11.8 Å². The Morgan fingerprint density at radius 2 is 2.58 bits per heavy atom. The number of nitrogens with zero attached hydrogens (tertiary/aromatic N) is 2. The maximum atomic E-state index is 11.1. The number of hydrogen-bond donors (Lipinski definition) is 1. The highest BCUT2D eigenvalue weighted by Crippen LogP contribution is 1.83. The summed E-state index contributed by atoms with van der Waals surface area (Å²) in [6, 6.07) is -0.213. The molecule has 4 heteroatoms. The Morgan fingerprint density at radius 3 is 3.17 bits per heavy atom. The van der Waals surface area contributed by atoms with Gasteiger partial charge in [0.1, 0.15) is 6.33 Å². The van der Waals surface area contributed by atoms with Crippen LogP contribution in [0.5, 0.6) is 0 Å². The van der Waals surface area contributed by atoms with Crippen LogP contribution in [0.3, 0.4) is 0 Å². The minimum atomic E-state index is -0.213. The molecule has 1 aromatic rings. The van der Waals surface area contributed by atoms with Gasteiger partial charge in [-0.1, -0.05) is 5.92 Å². The maximum Gasteiger partial charge on any atom is 0.327 e. The molecule has 0 saturated carbocycles. The van der Waals surface area contributed by atoms with E-state index in [0.717, 1.165) is 0 Å². The van der Waals surface area contributed by atoms with Gasteiger partial charge in [0.25, 0.3) is 0 Å². The van der Waals surface area contributed by atoms with E-state index in [2.05, 4.69) is 22.1 Å². The largest absolute Gasteiger partial charge is 0.327 e. The molecule has 1 aromatic heterocycles. The smallest absolute Gasteiger partial charge is 0.326 e. The van der Waals surface area contributed by atoms with Crippen LogP contribution in [0.2, 0.25) is 0 Å². The summed E-state index contributed by atoms with van der Waals surface area (Å²) in [6.07, 6.45) is 4.56. The van der Waals surface area contributed by atoms with Gasteiger partial charge in [-0.3, -0.25) is 4.57 Å². The quantitative estimate of drug-likeness (QED) is 0.611. The molecule has 12 heavy (non-hydrogen) atoms. The van der Waals surface area contributed by atoms with Crippen molar-refractivity contribution in [1.82, 2.24) is 14.9 Å². The van der Waals surface area contributed by atoms with Crippen LogP contribution in [0.1, 0.15) is 6.92 Å². The number of imidazole rings is 1. The van der Waals surface area contributed by atoms with Crippen LogP contribution in [-0.2, 0) is 0 Å². The first kappa shape index (κ1) is 8.34. The predicted molar refractivity (Wildman–Crippen MR) is 44.5 cm³/mol. The predicted octanol–water partition coefficient (Wildman–Crippen LogP) is 0.464. The van der Waals surface area contributed by atoms with Crippen LogP contribution in [0.25, 0.3) is 0 Å². The number of nitrogens with one attached hydrogen (secondary N) is 1. The number of amides is 1. The van der Waals surface area contributed by atoms with Crippen molar-refractivity contribution < 1.29 is 4.79 Å². The molecule has 1 N–H and O–H groups in total. The molecule has 0 bridgehead atoms.